The van der Waals surface area contributed by atoms with Crippen molar-refractivity contribution < 1.29 is 0 Å². The topological polar surface area (TPSA) is 57.8 Å². The van der Waals surface area contributed by atoms with Crippen molar-refractivity contribution in [1.82, 2.24) is 15.3 Å². The molecule has 0 fully saturated rings. The van der Waals surface area contributed by atoms with Crippen LogP contribution >= 0.6 is 11.8 Å². The minimum atomic E-state index is -0.116. The van der Waals surface area contributed by atoms with Crippen LogP contribution in [-0.2, 0) is 0 Å². The Kier molecular flexibility index (Phi) is 5.38. The van der Waals surface area contributed by atoms with Crippen molar-refractivity contribution in [3.05, 3.63) is 58.5 Å². The summed E-state index contributed by atoms with van der Waals surface area (Å²) in [6, 6.07) is 12.0. The lowest BCUT2D eigenvalue weighted by atomic mass is 10.0. The number of aromatic amines is 1. The lowest BCUT2D eigenvalue weighted by molar-refractivity contribution is 0.547. The highest BCUT2D eigenvalue weighted by Gasteiger charge is 2.20. The van der Waals surface area contributed by atoms with Crippen molar-refractivity contribution in [3.63, 3.8) is 0 Å². The molecule has 0 amide bonds. The van der Waals surface area contributed by atoms with Gasteiger partial charge in [-0.2, -0.15) is 0 Å². The van der Waals surface area contributed by atoms with Crippen molar-refractivity contribution in [3.8, 4) is 0 Å². The van der Waals surface area contributed by atoms with Gasteiger partial charge in [0.1, 0.15) is 0 Å². The van der Waals surface area contributed by atoms with Gasteiger partial charge in [-0.1, -0.05) is 55.9 Å². The van der Waals surface area contributed by atoms with E-state index >= 15 is 0 Å². The van der Waals surface area contributed by atoms with E-state index in [-0.39, 0.29) is 16.9 Å². The van der Waals surface area contributed by atoms with Crippen LogP contribution in [0.5, 0.6) is 0 Å². The number of thioether (sulfide) groups is 1. The normalized spacial score (nSPS) is 13.9. The van der Waals surface area contributed by atoms with Crippen molar-refractivity contribution in [1.29, 1.82) is 0 Å². The molecular formula is C15H19N3OS. The molecule has 2 N–H and O–H groups in total. The Labute approximate surface area is 123 Å². The molecule has 20 heavy (non-hydrogen) atoms. The van der Waals surface area contributed by atoms with Gasteiger partial charge in [0.15, 0.2) is 5.16 Å². The van der Waals surface area contributed by atoms with Gasteiger partial charge < -0.3 is 10.3 Å². The predicted octanol–water partition coefficient (Wildman–Crippen LogP) is 2.60. The number of benzene rings is 1. The van der Waals surface area contributed by atoms with Gasteiger partial charge in [-0.05, 0) is 12.1 Å². The summed E-state index contributed by atoms with van der Waals surface area (Å²) in [7, 11) is 0. The molecule has 106 valence electrons. The molecule has 2 unspecified atom stereocenters. The van der Waals surface area contributed by atoms with E-state index in [1.165, 1.54) is 11.6 Å². The first-order chi connectivity index (χ1) is 9.70. The second-order valence-electron chi connectivity index (χ2n) is 4.51. The third-order valence-electron chi connectivity index (χ3n) is 3.00. The molecular weight excluding hydrogens is 270 g/mol. The molecule has 0 aliphatic heterocycles. The largest absolute Gasteiger partial charge is 0.309 e. The number of nitrogens with zero attached hydrogens (tertiary/aromatic N) is 1. The Bertz CT molecular complexity index is 585. The molecule has 2 aromatic rings. The molecule has 1 aromatic heterocycles. The van der Waals surface area contributed by atoms with Gasteiger partial charge in [-0.15, -0.1) is 0 Å². The fourth-order valence-electron chi connectivity index (χ4n) is 2.09. The lowest BCUT2D eigenvalue weighted by Crippen LogP contribution is -2.28. The third-order valence-corrected chi connectivity index (χ3v) is 4.07. The molecule has 0 spiro atoms. The molecule has 2 atom stereocenters. The average molecular weight is 289 g/mol. The number of hydrogen-bond donors (Lipinski definition) is 2. The van der Waals surface area contributed by atoms with Gasteiger partial charge in [-0.3, -0.25) is 4.79 Å². The molecule has 0 radical (unpaired) electrons. The van der Waals surface area contributed by atoms with Crippen LogP contribution in [0, 0.1) is 0 Å². The highest BCUT2D eigenvalue weighted by molar-refractivity contribution is 7.99. The molecule has 0 bridgehead atoms. The monoisotopic (exact) mass is 289 g/mol. The van der Waals surface area contributed by atoms with Gasteiger partial charge in [0.05, 0.1) is 0 Å². The maximum absolute atomic E-state index is 11.3. The first kappa shape index (κ1) is 14.8. The third kappa shape index (κ3) is 3.95. The summed E-state index contributed by atoms with van der Waals surface area (Å²) in [5.74, 6) is 0. The first-order valence-corrected chi connectivity index (χ1v) is 7.59. The fraction of sp³-hybridized carbons (Fsp3) is 0.333. The second kappa shape index (κ2) is 7.26. The van der Waals surface area contributed by atoms with Crippen molar-refractivity contribution >= 4 is 11.8 Å². The van der Waals surface area contributed by atoms with Crippen LogP contribution in [0.1, 0.15) is 25.5 Å². The van der Waals surface area contributed by atoms with Gasteiger partial charge in [0.2, 0.25) is 0 Å². The summed E-state index contributed by atoms with van der Waals surface area (Å²) in [6.07, 6.45) is 1.54. The van der Waals surface area contributed by atoms with Crippen molar-refractivity contribution in [2.24, 2.45) is 0 Å². The van der Waals surface area contributed by atoms with Crippen LogP contribution in [0.3, 0.4) is 0 Å². The zero-order chi connectivity index (χ0) is 14.4. The van der Waals surface area contributed by atoms with E-state index in [2.05, 4.69) is 41.3 Å². The van der Waals surface area contributed by atoms with Crippen molar-refractivity contribution in [2.75, 3.05) is 6.54 Å². The summed E-state index contributed by atoms with van der Waals surface area (Å²) in [5.41, 5.74) is 1.13. The zero-order valence-electron chi connectivity index (χ0n) is 11.7. The predicted molar refractivity (Wildman–Crippen MR) is 83.0 cm³/mol. The first-order valence-electron chi connectivity index (χ1n) is 6.71. The van der Waals surface area contributed by atoms with Gasteiger partial charge in [0.25, 0.3) is 5.56 Å². The van der Waals surface area contributed by atoms with Gasteiger partial charge in [-0.25, -0.2) is 4.98 Å². The minimum absolute atomic E-state index is 0.116. The van der Waals surface area contributed by atoms with E-state index in [1.807, 2.05) is 18.2 Å². The van der Waals surface area contributed by atoms with Crippen molar-refractivity contribution in [2.45, 2.75) is 30.3 Å². The van der Waals surface area contributed by atoms with E-state index in [4.69, 9.17) is 0 Å². The van der Waals surface area contributed by atoms with E-state index in [9.17, 15) is 4.79 Å². The summed E-state index contributed by atoms with van der Waals surface area (Å²) in [6.45, 7) is 5.12. The molecule has 0 aliphatic rings. The summed E-state index contributed by atoms with van der Waals surface area (Å²) in [5, 5.41) is 4.40. The van der Waals surface area contributed by atoms with Gasteiger partial charge >= 0.3 is 0 Å². The van der Waals surface area contributed by atoms with Gasteiger partial charge in [0, 0.05) is 23.6 Å². The van der Waals surface area contributed by atoms with Crippen LogP contribution in [0.15, 0.2) is 52.5 Å². The fourth-order valence-corrected chi connectivity index (χ4v) is 3.11. The van der Waals surface area contributed by atoms with Crippen LogP contribution in [0.25, 0.3) is 0 Å². The molecule has 1 aromatic carbocycles. The quantitative estimate of drug-likeness (QED) is 0.634. The Balaban J connectivity index is 2.15. The molecule has 0 saturated carbocycles. The summed E-state index contributed by atoms with van der Waals surface area (Å²) in [4.78, 5) is 18.3. The second-order valence-corrected chi connectivity index (χ2v) is 5.87. The molecule has 0 saturated heterocycles. The van der Waals surface area contributed by atoms with E-state index in [0.29, 0.717) is 5.16 Å². The number of rotatable bonds is 6. The Morgan fingerprint density at radius 2 is 2.05 bits per heavy atom. The molecule has 5 heteroatoms. The standard InChI is InChI=1S/C15H19N3OS/c1-3-16-14(12-7-5-4-6-8-12)11(2)20-15-17-10-9-13(19)18-15/h4-11,14,16H,3H2,1-2H3,(H,17,18,19). The Morgan fingerprint density at radius 3 is 2.70 bits per heavy atom. The number of H-pyrrole nitrogens is 1. The van der Waals surface area contributed by atoms with Crippen LogP contribution in [-0.4, -0.2) is 21.8 Å². The molecule has 2 rings (SSSR count). The smallest absolute Gasteiger partial charge is 0.251 e. The number of hydrogen-bond acceptors (Lipinski definition) is 4. The minimum Gasteiger partial charge on any atom is -0.309 e. The van der Waals surface area contributed by atoms with Crippen LogP contribution in [0.2, 0.25) is 0 Å². The van der Waals surface area contributed by atoms with Crippen LogP contribution < -0.4 is 10.9 Å². The summed E-state index contributed by atoms with van der Waals surface area (Å²) < 4.78 is 0. The maximum atomic E-state index is 11.3. The Hall–Kier alpha value is -1.59. The highest BCUT2D eigenvalue weighted by Crippen LogP contribution is 2.29. The van der Waals surface area contributed by atoms with E-state index in [1.54, 1.807) is 18.0 Å². The Morgan fingerprint density at radius 1 is 1.30 bits per heavy atom. The van der Waals surface area contributed by atoms with Crippen LogP contribution in [0.4, 0.5) is 0 Å². The average Bonchev–Trinajstić information content (AvgIpc) is 2.45. The molecule has 1 heterocycles. The number of aromatic nitrogens is 2. The lowest BCUT2D eigenvalue weighted by Gasteiger charge is -2.24. The maximum Gasteiger partial charge on any atom is 0.251 e. The number of nitrogens with one attached hydrogen (secondary N) is 2. The molecule has 0 aliphatic carbocycles. The zero-order valence-corrected chi connectivity index (χ0v) is 12.5. The highest BCUT2D eigenvalue weighted by atomic mass is 32.2. The van der Waals surface area contributed by atoms with E-state index < -0.39 is 0 Å². The summed E-state index contributed by atoms with van der Waals surface area (Å²) >= 11 is 1.57. The van der Waals surface area contributed by atoms with E-state index in [0.717, 1.165) is 6.54 Å². The molecule has 4 nitrogen and oxygen atoms in total. The SMILES string of the molecule is CCNC(c1ccccc1)C(C)Sc1nccc(=O)[nH]1.